The Morgan fingerprint density at radius 1 is 1.14 bits per heavy atom. The van der Waals surface area contributed by atoms with Crippen LogP contribution in [0.5, 0.6) is 23.0 Å². The quantitative estimate of drug-likeness (QED) is 0.641. The SMILES string of the molecule is COc1cc(C(=O)NCc2ccc3c(c2)OCCO3)ccc1OCc1cscn1. The Bertz CT molecular complexity index is 991. The summed E-state index contributed by atoms with van der Waals surface area (Å²) in [5.41, 5.74) is 4.02. The van der Waals surface area contributed by atoms with E-state index in [4.69, 9.17) is 18.9 Å². The molecule has 4 rings (SSSR count). The Balaban J connectivity index is 1.39. The summed E-state index contributed by atoms with van der Waals surface area (Å²) in [5, 5.41) is 4.83. The first-order valence-electron chi connectivity index (χ1n) is 9.07. The van der Waals surface area contributed by atoms with Gasteiger partial charge in [0.25, 0.3) is 5.91 Å². The van der Waals surface area contributed by atoms with Crippen molar-refractivity contribution in [2.75, 3.05) is 20.3 Å². The number of hydrogen-bond acceptors (Lipinski definition) is 7. The van der Waals surface area contributed by atoms with Crippen LogP contribution in [-0.2, 0) is 13.2 Å². The fraction of sp³-hybridized carbons (Fsp3) is 0.238. The van der Waals surface area contributed by atoms with Gasteiger partial charge in [0.2, 0.25) is 0 Å². The Hall–Kier alpha value is -3.26. The molecular formula is C21H20N2O5S. The maximum Gasteiger partial charge on any atom is 0.251 e. The van der Waals surface area contributed by atoms with Crippen LogP contribution in [0.1, 0.15) is 21.6 Å². The van der Waals surface area contributed by atoms with E-state index in [0.717, 1.165) is 17.0 Å². The second kappa shape index (κ2) is 8.83. The van der Waals surface area contributed by atoms with Crippen LogP contribution in [0.2, 0.25) is 0 Å². The lowest BCUT2D eigenvalue weighted by Gasteiger charge is -2.19. The van der Waals surface area contributed by atoms with Crippen molar-refractivity contribution in [2.24, 2.45) is 0 Å². The summed E-state index contributed by atoms with van der Waals surface area (Å²) in [5.74, 6) is 2.27. The summed E-state index contributed by atoms with van der Waals surface area (Å²) >= 11 is 1.51. The summed E-state index contributed by atoms with van der Waals surface area (Å²) < 4.78 is 22.2. The molecule has 0 spiro atoms. The largest absolute Gasteiger partial charge is 0.493 e. The lowest BCUT2D eigenvalue weighted by molar-refractivity contribution is 0.0950. The number of amides is 1. The minimum Gasteiger partial charge on any atom is -0.493 e. The Morgan fingerprint density at radius 3 is 2.79 bits per heavy atom. The number of rotatable bonds is 7. The summed E-state index contributed by atoms with van der Waals surface area (Å²) in [6, 6.07) is 10.7. The fourth-order valence-corrected chi connectivity index (χ4v) is 3.41. The van der Waals surface area contributed by atoms with Crippen molar-refractivity contribution in [3.05, 3.63) is 64.1 Å². The van der Waals surface area contributed by atoms with Crippen LogP contribution >= 0.6 is 11.3 Å². The number of benzene rings is 2. The van der Waals surface area contributed by atoms with E-state index in [2.05, 4.69) is 10.3 Å². The van der Waals surface area contributed by atoms with Gasteiger partial charge in [0.15, 0.2) is 23.0 Å². The Labute approximate surface area is 172 Å². The van der Waals surface area contributed by atoms with Crippen molar-refractivity contribution in [1.29, 1.82) is 0 Å². The number of thiazole rings is 1. The smallest absolute Gasteiger partial charge is 0.251 e. The van der Waals surface area contributed by atoms with Gasteiger partial charge in [0.1, 0.15) is 19.8 Å². The Kier molecular flexibility index (Phi) is 5.81. The van der Waals surface area contributed by atoms with Gasteiger partial charge in [-0.05, 0) is 35.9 Å². The van der Waals surface area contributed by atoms with Gasteiger partial charge in [0, 0.05) is 17.5 Å². The number of carbonyl (C=O) groups excluding carboxylic acids is 1. The van der Waals surface area contributed by atoms with Gasteiger partial charge >= 0.3 is 0 Å². The van der Waals surface area contributed by atoms with Crippen molar-refractivity contribution in [1.82, 2.24) is 10.3 Å². The summed E-state index contributed by atoms with van der Waals surface area (Å²) in [6.45, 7) is 1.79. The number of aromatic nitrogens is 1. The fourth-order valence-electron chi connectivity index (χ4n) is 2.87. The number of methoxy groups -OCH3 is 1. The summed E-state index contributed by atoms with van der Waals surface area (Å²) in [7, 11) is 1.54. The first-order valence-corrected chi connectivity index (χ1v) is 10.0. The van der Waals surface area contributed by atoms with Crippen LogP contribution in [0.3, 0.4) is 0 Å². The molecule has 1 aromatic heterocycles. The van der Waals surface area contributed by atoms with Crippen LogP contribution in [0.25, 0.3) is 0 Å². The first kappa shape index (κ1) is 19.1. The van der Waals surface area contributed by atoms with Gasteiger partial charge in [-0.25, -0.2) is 4.98 Å². The van der Waals surface area contributed by atoms with Gasteiger partial charge in [-0.1, -0.05) is 6.07 Å². The van der Waals surface area contributed by atoms with E-state index < -0.39 is 0 Å². The van der Waals surface area contributed by atoms with Crippen molar-refractivity contribution >= 4 is 17.2 Å². The molecule has 8 heteroatoms. The predicted octanol–water partition coefficient (Wildman–Crippen LogP) is 3.43. The minimum absolute atomic E-state index is 0.204. The lowest BCUT2D eigenvalue weighted by Crippen LogP contribution is -2.23. The normalized spacial score (nSPS) is 12.3. The molecule has 0 unspecified atom stereocenters. The topological polar surface area (TPSA) is 78.9 Å². The molecule has 3 aromatic rings. The molecule has 29 heavy (non-hydrogen) atoms. The van der Waals surface area contributed by atoms with Crippen molar-refractivity contribution in [3.63, 3.8) is 0 Å². The number of nitrogens with zero attached hydrogens (tertiary/aromatic N) is 1. The molecule has 1 amide bonds. The highest BCUT2D eigenvalue weighted by atomic mass is 32.1. The molecule has 150 valence electrons. The number of hydrogen-bond donors (Lipinski definition) is 1. The van der Waals surface area contributed by atoms with Crippen LogP contribution < -0.4 is 24.3 Å². The highest BCUT2D eigenvalue weighted by molar-refractivity contribution is 7.07. The minimum atomic E-state index is -0.204. The highest BCUT2D eigenvalue weighted by Crippen LogP contribution is 2.31. The molecule has 0 saturated carbocycles. The van der Waals surface area contributed by atoms with E-state index in [1.54, 1.807) is 30.8 Å². The van der Waals surface area contributed by atoms with Gasteiger partial charge in [0.05, 0.1) is 18.3 Å². The van der Waals surface area contributed by atoms with Gasteiger partial charge < -0.3 is 24.3 Å². The summed E-state index contributed by atoms with van der Waals surface area (Å²) in [4.78, 5) is 16.7. The monoisotopic (exact) mass is 412 g/mol. The summed E-state index contributed by atoms with van der Waals surface area (Å²) in [6.07, 6.45) is 0. The van der Waals surface area contributed by atoms with Crippen LogP contribution in [-0.4, -0.2) is 31.2 Å². The zero-order valence-corrected chi connectivity index (χ0v) is 16.7. The molecule has 0 saturated heterocycles. The number of fused-ring (bicyclic) bond motifs is 1. The molecule has 7 nitrogen and oxygen atoms in total. The lowest BCUT2D eigenvalue weighted by atomic mass is 10.1. The molecule has 1 aliphatic heterocycles. The number of nitrogens with one attached hydrogen (secondary N) is 1. The molecule has 1 N–H and O–H groups in total. The maximum atomic E-state index is 12.6. The van der Waals surface area contributed by atoms with E-state index in [1.165, 1.54) is 11.3 Å². The third-order valence-corrected chi connectivity index (χ3v) is 4.98. The standard InChI is InChI=1S/C21H20N2O5S/c1-25-19-9-15(3-5-17(19)28-11-16-12-29-13-23-16)21(24)22-10-14-2-4-18-20(8-14)27-7-6-26-18/h2-5,8-9,12-13H,6-7,10-11H2,1H3,(H,22,24). The van der Waals surface area contributed by atoms with Gasteiger partial charge in [-0.2, -0.15) is 0 Å². The molecule has 0 fully saturated rings. The van der Waals surface area contributed by atoms with E-state index in [0.29, 0.717) is 49.2 Å². The zero-order valence-electron chi connectivity index (χ0n) is 15.8. The maximum absolute atomic E-state index is 12.6. The zero-order chi connectivity index (χ0) is 20.1. The Morgan fingerprint density at radius 2 is 2.00 bits per heavy atom. The van der Waals surface area contributed by atoms with Crippen LogP contribution in [0.4, 0.5) is 0 Å². The van der Waals surface area contributed by atoms with E-state index in [1.807, 2.05) is 23.6 Å². The van der Waals surface area contributed by atoms with E-state index in [-0.39, 0.29) is 5.91 Å². The van der Waals surface area contributed by atoms with E-state index in [9.17, 15) is 4.79 Å². The first-order chi connectivity index (χ1) is 14.2. The predicted molar refractivity (Wildman–Crippen MR) is 108 cm³/mol. The molecule has 0 radical (unpaired) electrons. The van der Waals surface area contributed by atoms with Crippen molar-refractivity contribution < 1.29 is 23.7 Å². The third-order valence-electron chi connectivity index (χ3n) is 4.34. The molecule has 2 aromatic carbocycles. The molecule has 1 aliphatic rings. The third kappa shape index (κ3) is 4.60. The second-order valence-electron chi connectivity index (χ2n) is 6.29. The molecule has 0 atom stereocenters. The molecule has 2 heterocycles. The van der Waals surface area contributed by atoms with Crippen LogP contribution in [0, 0.1) is 0 Å². The number of carbonyl (C=O) groups is 1. The van der Waals surface area contributed by atoms with Crippen molar-refractivity contribution in [2.45, 2.75) is 13.2 Å². The van der Waals surface area contributed by atoms with E-state index >= 15 is 0 Å². The van der Waals surface area contributed by atoms with Gasteiger partial charge in [-0.15, -0.1) is 11.3 Å². The van der Waals surface area contributed by atoms with Crippen LogP contribution in [0.15, 0.2) is 47.3 Å². The molecule has 0 bridgehead atoms. The highest BCUT2D eigenvalue weighted by Gasteiger charge is 2.14. The van der Waals surface area contributed by atoms with Gasteiger partial charge in [-0.3, -0.25) is 4.79 Å². The van der Waals surface area contributed by atoms with Crippen molar-refractivity contribution in [3.8, 4) is 23.0 Å². The molecule has 0 aliphatic carbocycles. The molecular weight excluding hydrogens is 392 g/mol. The second-order valence-corrected chi connectivity index (χ2v) is 7.01. The average molecular weight is 412 g/mol. The average Bonchev–Trinajstić information content (AvgIpc) is 3.29. The number of ether oxygens (including phenoxy) is 4.